The molecule has 136 valence electrons. The predicted molar refractivity (Wildman–Crippen MR) is 117 cm³/mol. The van der Waals surface area contributed by atoms with Crippen LogP contribution in [0.15, 0.2) is 47.7 Å². The molecule has 1 aromatic heterocycles. The molecule has 0 bridgehead atoms. The fourth-order valence-corrected chi connectivity index (χ4v) is 2.56. The minimum absolute atomic E-state index is 0. The van der Waals surface area contributed by atoms with E-state index < -0.39 is 0 Å². The third-order valence-electron chi connectivity index (χ3n) is 3.85. The topological polar surface area (TPSA) is 49.3 Å². The molecule has 0 saturated heterocycles. The summed E-state index contributed by atoms with van der Waals surface area (Å²) in [4.78, 5) is 8.81. The molecule has 2 rings (SSSR count). The molecule has 0 saturated carbocycles. The minimum Gasteiger partial charge on any atom is -0.357 e. The summed E-state index contributed by atoms with van der Waals surface area (Å²) in [6.07, 6.45) is 4.63. The van der Waals surface area contributed by atoms with Crippen LogP contribution in [0.1, 0.15) is 36.6 Å². The zero-order valence-electron chi connectivity index (χ0n) is 14.9. The third-order valence-corrected chi connectivity index (χ3v) is 4.11. The van der Waals surface area contributed by atoms with Crippen LogP contribution in [0.4, 0.5) is 0 Å². The van der Waals surface area contributed by atoms with Crippen molar-refractivity contribution in [3.63, 3.8) is 0 Å². The molecule has 1 heterocycles. The number of aryl methyl sites for hydroxylation is 1. The number of halogens is 2. The lowest BCUT2D eigenvalue weighted by atomic mass is 10.1. The summed E-state index contributed by atoms with van der Waals surface area (Å²) in [5, 5.41) is 7.48. The minimum atomic E-state index is 0. The Morgan fingerprint density at radius 2 is 1.96 bits per heavy atom. The highest BCUT2D eigenvalue weighted by atomic mass is 127. The molecule has 2 aromatic rings. The van der Waals surface area contributed by atoms with E-state index in [1.807, 2.05) is 36.7 Å². The summed E-state index contributed by atoms with van der Waals surface area (Å²) in [6.45, 7) is 7.82. The molecule has 0 spiro atoms. The van der Waals surface area contributed by atoms with Gasteiger partial charge in [-0.3, -0.25) is 9.98 Å². The second kappa shape index (κ2) is 11.3. The van der Waals surface area contributed by atoms with Crippen molar-refractivity contribution in [2.24, 2.45) is 4.99 Å². The first kappa shape index (κ1) is 21.7. The van der Waals surface area contributed by atoms with Crippen LogP contribution in [0.5, 0.6) is 0 Å². The first-order chi connectivity index (χ1) is 11.6. The van der Waals surface area contributed by atoms with Crippen LogP contribution in [0.3, 0.4) is 0 Å². The summed E-state index contributed by atoms with van der Waals surface area (Å²) in [5.41, 5.74) is 3.67. The van der Waals surface area contributed by atoms with Gasteiger partial charge in [0.1, 0.15) is 0 Å². The molecule has 0 aliphatic carbocycles. The number of benzene rings is 1. The van der Waals surface area contributed by atoms with E-state index in [1.165, 1.54) is 16.7 Å². The number of pyridine rings is 1. The van der Waals surface area contributed by atoms with Crippen molar-refractivity contribution in [2.75, 3.05) is 13.1 Å². The van der Waals surface area contributed by atoms with Gasteiger partial charge in [-0.25, -0.2) is 0 Å². The van der Waals surface area contributed by atoms with Gasteiger partial charge in [0.15, 0.2) is 5.96 Å². The Hall–Kier alpha value is -1.34. The van der Waals surface area contributed by atoms with Crippen molar-refractivity contribution in [3.05, 3.63) is 64.4 Å². The molecule has 0 radical (unpaired) electrons. The maximum atomic E-state index is 5.95. The van der Waals surface area contributed by atoms with Crippen LogP contribution in [-0.4, -0.2) is 24.0 Å². The SMILES string of the molecule is CCNC(=NCCc1ccncc1C)NC(C)c1ccc(Cl)cc1.I. The van der Waals surface area contributed by atoms with Gasteiger partial charge in [0.2, 0.25) is 0 Å². The molecular formula is C19H26ClIN4. The Morgan fingerprint density at radius 1 is 1.24 bits per heavy atom. The molecule has 1 unspecified atom stereocenters. The van der Waals surface area contributed by atoms with E-state index in [1.54, 1.807) is 0 Å². The van der Waals surface area contributed by atoms with Crippen LogP contribution in [0.25, 0.3) is 0 Å². The van der Waals surface area contributed by atoms with Gasteiger partial charge in [-0.2, -0.15) is 0 Å². The summed E-state index contributed by atoms with van der Waals surface area (Å²) < 4.78 is 0. The maximum Gasteiger partial charge on any atom is 0.191 e. The van der Waals surface area contributed by atoms with E-state index in [4.69, 9.17) is 11.6 Å². The highest BCUT2D eigenvalue weighted by Crippen LogP contribution is 2.15. The molecule has 0 aliphatic heterocycles. The molecule has 2 N–H and O–H groups in total. The largest absolute Gasteiger partial charge is 0.357 e. The molecule has 0 amide bonds. The van der Waals surface area contributed by atoms with E-state index in [-0.39, 0.29) is 30.0 Å². The normalized spacial score (nSPS) is 12.2. The number of nitrogens with one attached hydrogen (secondary N) is 2. The van der Waals surface area contributed by atoms with Crippen molar-refractivity contribution >= 4 is 41.5 Å². The van der Waals surface area contributed by atoms with Crippen LogP contribution in [0.2, 0.25) is 5.02 Å². The lowest BCUT2D eigenvalue weighted by Crippen LogP contribution is -2.38. The van der Waals surface area contributed by atoms with E-state index in [9.17, 15) is 0 Å². The van der Waals surface area contributed by atoms with Crippen molar-refractivity contribution in [2.45, 2.75) is 33.2 Å². The molecular weight excluding hydrogens is 447 g/mol. The highest BCUT2D eigenvalue weighted by Gasteiger charge is 2.07. The first-order valence-electron chi connectivity index (χ1n) is 8.30. The average Bonchev–Trinajstić information content (AvgIpc) is 2.57. The average molecular weight is 473 g/mol. The highest BCUT2D eigenvalue weighted by molar-refractivity contribution is 14.0. The summed E-state index contributed by atoms with van der Waals surface area (Å²) in [5.74, 6) is 0.826. The van der Waals surface area contributed by atoms with Crippen LogP contribution < -0.4 is 10.6 Å². The standard InChI is InChI=1S/C19H25ClN4.HI/c1-4-22-19(23-12-10-16-9-11-21-13-14(16)2)24-15(3)17-5-7-18(20)8-6-17;/h5-9,11,13,15H,4,10,12H2,1-3H3,(H2,22,23,24);1H. The molecule has 0 aliphatic rings. The fourth-order valence-electron chi connectivity index (χ4n) is 2.43. The number of hydrogen-bond donors (Lipinski definition) is 2. The number of aliphatic imine (C=N–C) groups is 1. The Morgan fingerprint density at radius 3 is 2.60 bits per heavy atom. The van der Waals surface area contributed by atoms with Gasteiger partial charge < -0.3 is 10.6 Å². The molecule has 4 nitrogen and oxygen atoms in total. The number of rotatable bonds is 6. The smallest absolute Gasteiger partial charge is 0.191 e. The second-order valence-electron chi connectivity index (χ2n) is 5.73. The fraction of sp³-hybridized carbons (Fsp3) is 0.368. The van der Waals surface area contributed by atoms with Gasteiger partial charge in [-0.15, -0.1) is 24.0 Å². The Labute approximate surface area is 172 Å². The number of nitrogens with zero attached hydrogens (tertiary/aromatic N) is 2. The quantitative estimate of drug-likeness (QED) is 0.369. The van der Waals surface area contributed by atoms with Crippen molar-refractivity contribution in [3.8, 4) is 0 Å². The van der Waals surface area contributed by atoms with Gasteiger partial charge >= 0.3 is 0 Å². The predicted octanol–water partition coefficient (Wildman–Crippen LogP) is 4.52. The van der Waals surface area contributed by atoms with E-state index in [2.05, 4.69) is 47.4 Å². The van der Waals surface area contributed by atoms with Crippen LogP contribution in [0, 0.1) is 6.92 Å². The van der Waals surface area contributed by atoms with Crippen molar-refractivity contribution < 1.29 is 0 Å². The third kappa shape index (κ3) is 7.20. The van der Waals surface area contributed by atoms with E-state index in [0.29, 0.717) is 0 Å². The zero-order valence-corrected chi connectivity index (χ0v) is 18.0. The Balaban J connectivity index is 0.00000312. The number of guanidine groups is 1. The van der Waals surface area contributed by atoms with Crippen molar-refractivity contribution in [1.29, 1.82) is 0 Å². The first-order valence-corrected chi connectivity index (χ1v) is 8.67. The van der Waals surface area contributed by atoms with Gasteiger partial charge in [-0.1, -0.05) is 23.7 Å². The Bertz CT molecular complexity index is 673. The lowest BCUT2D eigenvalue weighted by molar-refractivity contribution is 0.686. The van der Waals surface area contributed by atoms with Crippen LogP contribution >= 0.6 is 35.6 Å². The van der Waals surface area contributed by atoms with Gasteiger partial charge in [0.05, 0.1) is 6.04 Å². The molecule has 1 aromatic carbocycles. The number of hydrogen-bond acceptors (Lipinski definition) is 2. The number of aromatic nitrogens is 1. The summed E-state index contributed by atoms with van der Waals surface area (Å²) >= 11 is 5.95. The van der Waals surface area contributed by atoms with Gasteiger partial charge in [0.25, 0.3) is 0 Å². The van der Waals surface area contributed by atoms with Crippen molar-refractivity contribution in [1.82, 2.24) is 15.6 Å². The van der Waals surface area contributed by atoms with E-state index >= 15 is 0 Å². The summed E-state index contributed by atoms with van der Waals surface area (Å²) in [6, 6.07) is 10.1. The lowest BCUT2D eigenvalue weighted by Gasteiger charge is -2.18. The zero-order chi connectivity index (χ0) is 17.4. The Kier molecular flexibility index (Phi) is 9.82. The molecule has 6 heteroatoms. The molecule has 0 fully saturated rings. The molecule has 1 atom stereocenters. The second-order valence-corrected chi connectivity index (χ2v) is 6.17. The monoisotopic (exact) mass is 472 g/mol. The van der Waals surface area contributed by atoms with Gasteiger partial charge in [-0.05, 0) is 62.1 Å². The van der Waals surface area contributed by atoms with E-state index in [0.717, 1.165) is 30.5 Å². The molecule has 25 heavy (non-hydrogen) atoms. The summed E-state index contributed by atoms with van der Waals surface area (Å²) in [7, 11) is 0. The maximum absolute atomic E-state index is 5.95. The van der Waals surface area contributed by atoms with Gasteiger partial charge in [0, 0.05) is 30.5 Å². The van der Waals surface area contributed by atoms with Crippen LogP contribution in [-0.2, 0) is 6.42 Å².